The Morgan fingerprint density at radius 1 is 1.15 bits per heavy atom. The number of carbonyl (C=O) groups is 1. The smallest absolute Gasteiger partial charge is 0.264 e. The maximum Gasteiger partial charge on any atom is 0.264 e. The van der Waals surface area contributed by atoms with Crippen LogP contribution in [-0.4, -0.2) is 24.8 Å². The highest BCUT2D eigenvalue weighted by Crippen LogP contribution is 2.33. The van der Waals surface area contributed by atoms with Crippen molar-refractivity contribution in [2.24, 2.45) is 4.99 Å². The molecule has 1 aliphatic heterocycles. The van der Waals surface area contributed by atoms with E-state index in [0.717, 1.165) is 22.4 Å². The number of nitrogens with one attached hydrogen (secondary N) is 1. The van der Waals surface area contributed by atoms with Crippen LogP contribution in [0.1, 0.15) is 23.6 Å². The number of aryl methyl sites for hydroxylation is 2. The number of amides is 1. The SMILES string of the molecule is CCOc1ccc(/C=C2\SC(=Nc3c(C)cccc3C)NC2=O)cc1OC. The van der Waals surface area contributed by atoms with Crippen LogP contribution >= 0.6 is 11.8 Å². The maximum atomic E-state index is 12.3. The lowest BCUT2D eigenvalue weighted by Gasteiger charge is -2.09. The maximum absolute atomic E-state index is 12.3. The molecule has 1 fully saturated rings. The number of hydrogen-bond donors (Lipinski definition) is 1. The molecule has 0 atom stereocenters. The van der Waals surface area contributed by atoms with Gasteiger partial charge in [-0.3, -0.25) is 4.79 Å². The van der Waals surface area contributed by atoms with Crippen LogP contribution in [0.2, 0.25) is 0 Å². The van der Waals surface area contributed by atoms with Gasteiger partial charge in [-0.25, -0.2) is 4.99 Å². The normalized spacial score (nSPS) is 16.7. The van der Waals surface area contributed by atoms with Crippen molar-refractivity contribution in [3.05, 3.63) is 58.0 Å². The van der Waals surface area contributed by atoms with Crippen molar-refractivity contribution in [3.8, 4) is 11.5 Å². The lowest BCUT2D eigenvalue weighted by atomic mass is 10.1. The number of carbonyl (C=O) groups excluding carboxylic acids is 1. The van der Waals surface area contributed by atoms with E-state index >= 15 is 0 Å². The molecule has 0 spiro atoms. The minimum absolute atomic E-state index is 0.155. The van der Waals surface area contributed by atoms with Gasteiger partial charge in [0.15, 0.2) is 16.7 Å². The van der Waals surface area contributed by atoms with E-state index in [4.69, 9.17) is 9.47 Å². The summed E-state index contributed by atoms with van der Waals surface area (Å²) in [5.74, 6) is 1.17. The predicted octanol–water partition coefficient (Wildman–Crippen LogP) is 4.60. The fourth-order valence-corrected chi connectivity index (χ4v) is 3.59. The van der Waals surface area contributed by atoms with E-state index < -0.39 is 0 Å². The molecule has 140 valence electrons. The van der Waals surface area contributed by atoms with Crippen molar-refractivity contribution in [3.63, 3.8) is 0 Å². The van der Waals surface area contributed by atoms with Gasteiger partial charge in [0.2, 0.25) is 0 Å². The lowest BCUT2D eigenvalue weighted by molar-refractivity contribution is -0.115. The Morgan fingerprint density at radius 2 is 1.89 bits per heavy atom. The van der Waals surface area contributed by atoms with E-state index in [0.29, 0.717) is 28.2 Å². The van der Waals surface area contributed by atoms with Crippen molar-refractivity contribution >= 4 is 34.6 Å². The Morgan fingerprint density at radius 3 is 2.56 bits per heavy atom. The number of aliphatic imine (C=N–C) groups is 1. The number of para-hydroxylation sites is 1. The van der Waals surface area contributed by atoms with Gasteiger partial charge in [0, 0.05) is 0 Å². The highest BCUT2D eigenvalue weighted by atomic mass is 32.2. The number of nitrogens with zero attached hydrogens (tertiary/aromatic N) is 1. The van der Waals surface area contributed by atoms with E-state index in [1.807, 2.05) is 63.2 Å². The Bertz CT molecular complexity index is 915. The third-order valence-corrected chi connectivity index (χ3v) is 5.00. The molecule has 3 rings (SSSR count). The third-order valence-electron chi connectivity index (χ3n) is 4.09. The Kier molecular flexibility index (Phi) is 5.86. The van der Waals surface area contributed by atoms with Crippen LogP contribution in [0.5, 0.6) is 11.5 Å². The highest BCUT2D eigenvalue weighted by molar-refractivity contribution is 8.18. The van der Waals surface area contributed by atoms with Crippen molar-refractivity contribution in [1.29, 1.82) is 0 Å². The topological polar surface area (TPSA) is 59.9 Å². The number of amidine groups is 1. The van der Waals surface area contributed by atoms with Gasteiger partial charge in [0.05, 0.1) is 24.3 Å². The number of hydrogen-bond acceptors (Lipinski definition) is 5. The van der Waals surface area contributed by atoms with Crippen LogP contribution in [0.15, 0.2) is 46.3 Å². The van der Waals surface area contributed by atoms with Gasteiger partial charge in [-0.2, -0.15) is 0 Å². The molecule has 0 radical (unpaired) electrons. The molecule has 0 unspecified atom stereocenters. The zero-order valence-corrected chi connectivity index (χ0v) is 16.6. The fourth-order valence-electron chi connectivity index (χ4n) is 2.76. The molecule has 2 aromatic rings. The first kappa shape index (κ1) is 19.0. The summed E-state index contributed by atoms with van der Waals surface area (Å²) in [5, 5.41) is 3.42. The number of methoxy groups -OCH3 is 1. The zero-order valence-electron chi connectivity index (χ0n) is 15.8. The summed E-state index contributed by atoms with van der Waals surface area (Å²) in [6.07, 6.45) is 1.82. The molecule has 0 aliphatic carbocycles. The van der Waals surface area contributed by atoms with Gasteiger partial charge in [-0.1, -0.05) is 24.3 Å². The van der Waals surface area contributed by atoms with Crippen LogP contribution in [0.25, 0.3) is 6.08 Å². The van der Waals surface area contributed by atoms with Gasteiger partial charge >= 0.3 is 0 Å². The minimum atomic E-state index is -0.155. The molecule has 2 aromatic carbocycles. The van der Waals surface area contributed by atoms with E-state index in [2.05, 4.69) is 10.3 Å². The van der Waals surface area contributed by atoms with Gasteiger partial charge in [-0.05, 0) is 67.4 Å². The molecular formula is C21H22N2O3S. The van der Waals surface area contributed by atoms with E-state index in [1.54, 1.807) is 7.11 Å². The summed E-state index contributed by atoms with van der Waals surface area (Å²) < 4.78 is 10.9. The number of rotatable bonds is 5. The number of thioether (sulfide) groups is 1. The molecule has 0 aromatic heterocycles. The van der Waals surface area contributed by atoms with Crippen molar-refractivity contribution < 1.29 is 14.3 Å². The van der Waals surface area contributed by atoms with Crippen molar-refractivity contribution in [2.45, 2.75) is 20.8 Å². The third kappa shape index (κ3) is 4.34. The summed E-state index contributed by atoms with van der Waals surface area (Å²) in [5.41, 5.74) is 3.91. The first-order valence-corrected chi connectivity index (χ1v) is 9.50. The molecule has 1 heterocycles. The van der Waals surface area contributed by atoms with E-state index in [1.165, 1.54) is 11.8 Å². The number of ether oxygens (including phenoxy) is 2. The lowest BCUT2D eigenvalue weighted by Crippen LogP contribution is -2.19. The largest absolute Gasteiger partial charge is 0.493 e. The molecule has 1 amide bonds. The molecule has 6 heteroatoms. The van der Waals surface area contributed by atoms with Gasteiger partial charge < -0.3 is 14.8 Å². The highest BCUT2D eigenvalue weighted by Gasteiger charge is 2.24. The second-order valence-corrected chi connectivity index (χ2v) is 7.10. The summed E-state index contributed by atoms with van der Waals surface area (Å²) in [6.45, 7) is 6.51. The summed E-state index contributed by atoms with van der Waals surface area (Å²) in [7, 11) is 1.60. The average molecular weight is 382 g/mol. The molecule has 0 bridgehead atoms. The zero-order chi connectivity index (χ0) is 19.4. The first-order chi connectivity index (χ1) is 13.0. The molecule has 1 aliphatic rings. The second kappa shape index (κ2) is 8.31. The average Bonchev–Trinajstić information content (AvgIpc) is 2.99. The fraction of sp³-hybridized carbons (Fsp3) is 0.238. The summed E-state index contributed by atoms with van der Waals surface area (Å²) in [6, 6.07) is 11.6. The Balaban J connectivity index is 1.86. The van der Waals surface area contributed by atoms with Gasteiger partial charge in [-0.15, -0.1) is 0 Å². The standard InChI is InChI=1S/C21H22N2O3S/c1-5-26-16-10-9-15(11-17(16)25-4)12-18-20(24)23-21(27-18)22-19-13(2)7-6-8-14(19)3/h6-12H,5H2,1-4H3,(H,22,23,24)/b18-12-. The van der Waals surface area contributed by atoms with E-state index in [9.17, 15) is 4.79 Å². The predicted molar refractivity (Wildman–Crippen MR) is 111 cm³/mol. The van der Waals surface area contributed by atoms with Crippen molar-refractivity contribution in [1.82, 2.24) is 5.32 Å². The monoisotopic (exact) mass is 382 g/mol. The van der Waals surface area contributed by atoms with Crippen LogP contribution in [0.4, 0.5) is 5.69 Å². The quantitative estimate of drug-likeness (QED) is 0.768. The Labute approximate surface area is 163 Å². The van der Waals surface area contributed by atoms with Gasteiger partial charge in [0.1, 0.15) is 0 Å². The van der Waals surface area contributed by atoms with Crippen LogP contribution in [0, 0.1) is 13.8 Å². The molecular weight excluding hydrogens is 360 g/mol. The van der Waals surface area contributed by atoms with Crippen LogP contribution in [0.3, 0.4) is 0 Å². The molecule has 1 saturated heterocycles. The van der Waals surface area contributed by atoms with Crippen molar-refractivity contribution in [2.75, 3.05) is 13.7 Å². The first-order valence-electron chi connectivity index (χ1n) is 8.68. The molecule has 0 saturated carbocycles. The van der Waals surface area contributed by atoms with Crippen LogP contribution < -0.4 is 14.8 Å². The summed E-state index contributed by atoms with van der Waals surface area (Å²) in [4.78, 5) is 17.6. The van der Waals surface area contributed by atoms with Gasteiger partial charge in [0.25, 0.3) is 5.91 Å². The Hall–Kier alpha value is -2.73. The molecule has 27 heavy (non-hydrogen) atoms. The number of benzene rings is 2. The molecule has 1 N–H and O–H groups in total. The van der Waals surface area contributed by atoms with Crippen LogP contribution in [-0.2, 0) is 4.79 Å². The minimum Gasteiger partial charge on any atom is -0.493 e. The molecule has 5 nitrogen and oxygen atoms in total. The second-order valence-electron chi connectivity index (χ2n) is 6.07. The van der Waals surface area contributed by atoms with E-state index in [-0.39, 0.29) is 5.91 Å². The summed E-state index contributed by atoms with van der Waals surface area (Å²) >= 11 is 1.33.